The zero-order valence-electron chi connectivity index (χ0n) is 16.9. The summed E-state index contributed by atoms with van der Waals surface area (Å²) in [5.74, 6) is 1.91. The molecule has 0 radical (unpaired) electrons. The van der Waals surface area contributed by atoms with Gasteiger partial charge in [0.05, 0.1) is 17.2 Å². The number of aliphatic hydroxyl groups excluding tert-OH is 1. The van der Waals surface area contributed by atoms with Crippen molar-refractivity contribution in [3.8, 4) is 0 Å². The summed E-state index contributed by atoms with van der Waals surface area (Å²) in [4.78, 5) is 14.9. The highest BCUT2D eigenvalue weighted by Gasteiger charge is 2.22. The molecule has 154 valence electrons. The molecular formula is C21H27N5O2S. The molecule has 3 aromatic heterocycles. The maximum absolute atomic E-state index is 10.3. The zero-order valence-corrected chi connectivity index (χ0v) is 17.8. The van der Waals surface area contributed by atoms with E-state index in [9.17, 15) is 10.2 Å². The van der Waals surface area contributed by atoms with Gasteiger partial charge in [-0.15, -0.1) is 11.3 Å². The van der Waals surface area contributed by atoms with Crippen LogP contribution in [0.2, 0.25) is 0 Å². The molecule has 4 N–H and O–H groups in total. The van der Waals surface area contributed by atoms with Gasteiger partial charge < -0.3 is 20.8 Å². The number of nitrogens with zero attached hydrogens (tertiary/aromatic N) is 3. The molecule has 1 saturated carbocycles. The first-order chi connectivity index (χ1) is 13.8. The van der Waals surface area contributed by atoms with Gasteiger partial charge in [0.1, 0.15) is 22.1 Å². The van der Waals surface area contributed by atoms with E-state index in [1.807, 2.05) is 19.1 Å². The molecule has 8 heteroatoms. The summed E-state index contributed by atoms with van der Waals surface area (Å²) in [6.45, 7) is 5.48. The van der Waals surface area contributed by atoms with Crippen LogP contribution in [0.15, 0.2) is 23.6 Å². The minimum absolute atomic E-state index is 0.192. The smallest absolute Gasteiger partial charge is 0.226 e. The van der Waals surface area contributed by atoms with Crippen LogP contribution in [-0.2, 0) is 5.60 Å². The molecule has 4 rings (SSSR count). The molecule has 0 aliphatic heterocycles. The van der Waals surface area contributed by atoms with Gasteiger partial charge >= 0.3 is 0 Å². The van der Waals surface area contributed by atoms with E-state index in [0.717, 1.165) is 41.5 Å². The van der Waals surface area contributed by atoms with Crippen molar-refractivity contribution in [3.05, 3.63) is 34.8 Å². The average Bonchev–Trinajstić information content (AvgIpc) is 3.04. The van der Waals surface area contributed by atoms with E-state index in [0.29, 0.717) is 23.3 Å². The van der Waals surface area contributed by atoms with Crippen molar-refractivity contribution in [3.63, 3.8) is 0 Å². The van der Waals surface area contributed by atoms with E-state index in [4.69, 9.17) is 9.97 Å². The second-order valence-electron chi connectivity index (χ2n) is 8.24. The molecule has 0 amide bonds. The molecule has 0 saturated heterocycles. The fourth-order valence-corrected chi connectivity index (χ4v) is 4.53. The zero-order chi connectivity index (χ0) is 20.6. The number of aryl methyl sites for hydroxylation is 1. The SMILES string of the molecule is Cc1csc2nc(N[C@H]3CC[C@H](O)CC3)nc(Nc3cccc(C(C)(C)O)n3)c12. The number of fused-ring (bicyclic) bond motifs is 1. The highest BCUT2D eigenvalue weighted by molar-refractivity contribution is 7.17. The van der Waals surface area contributed by atoms with Gasteiger partial charge in [0.15, 0.2) is 0 Å². The molecule has 3 heterocycles. The monoisotopic (exact) mass is 413 g/mol. The Labute approximate surface area is 174 Å². The lowest BCUT2D eigenvalue weighted by molar-refractivity contribution is 0.0740. The first-order valence-corrected chi connectivity index (χ1v) is 10.8. The van der Waals surface area contributed by atoms with Crippen molar-refractivity contribution in [2.75, 3.05) is 10.6 Å². The first kappa shape index (κ1) is 20.0. The Bertz CT molecular complexity index is 1010. The lowest BCUT2D eigenvalue weighted by atomic mass is 9.93. The third-order valence-corrected chi connectivity index (χ3v) is 6.26. The summed E-state index contributed by atoms with van der Waals surface area (Å²) in [5.41, 5.74) is 0.683. The lowest BCUT2D eigenvalue weighted by Gasteiger charge is -2.26. The van der Waals surface area contributed by atoms with E-state index >= 15 is 0 Å². The molecule has 1 fully saturated rings. The van der Waals surface area contributed by atoms with Crippen LogP contribution in [0.1, 0.15) is 50.8 Å². The third kappa shape index (κ3) is 4.49. The van der Waals surface area contributed by atoms with Crippen LogP contribution in [0.5, 0.6) is 0 Å². The number of aromatic nitrogens is 3. The second kappa shape index (κ2) is 7.85. The fraction of sp³-hybridized carbons (Fsp3) is 0.476. The Morgan fingerprint density at radius 1 is 1.10 bits per heavy atom. The van der Waals surface area contributed by atoms with Crippen molar-refractivity contribution in [1.82, 2.24) is 15.0 Å². The maximum Gasteiger partial charge on any atom is 0.226 e. The number of pyridine rings is 1. The van der Waals surface area contributed by atoms with Gasteiger partial charge in [-0.05, 0) is 69.5 Å². The van der Waals surface area contributed by atoms with Gasteiger partial charge in [-0.25, -0.2) is 9.97 Å². The Balaban J connectivity index is 1.65. The van der Waals surface area contributed by atoms with Crippen molar-refractivity contribution >= 4 is 39.1 Å². The molecule has 0 spiro atoms. The normalized spacial score (nSPS) is 20.0. The number of aliphatic hydroxyl groups is 2. The third-order valence-electron chi connectivity index (χ3n) is 5.27. The van der Waals surface area contributed by atoms with Gasteiger partial charge in [-0.2, -0.15) is 4.98 Å². The Kier molecular flexibility index (Phi) is 5.42. The van der Waals surface area contributed by atoms with Gasteiger partial charge in [0, 0.05) is 6.04 Å². The van der Waals surface area contributed by atoms with E-state index in [-0.39, 0.29) is 12.1 Å². The van der Waals surface area contributed by atoms with Crippen LogP contribution < -0.4 is 10.6 Å². The molecule has 0 atom stereocenters. The molecule has 7 nitrogen and oxygen atoms in total. The number of thiophene rings is 1. The average molecular weight is 414 g/mol. The quantitative estimate of drug-likeness (QED) is 0.500. The minimum Gasteiger partial charge on any atom is -0.393 e. The highest BCUT2D eigenvalue weighted by Crippen LogP contribution is 2.33. The molecule has 29 heavy (non-hydrogen) atoms. The van der Waals surface area contributed by atoms with Gasteiger partial charge in [-0.3, -0.25) is 0 Å². The lowest BCUT2D eigenvalue weighted by Crippen LogP contribution is -2.29. The van der Waals surface area contributed by atoms with Crippen molar-refractivity contribution in [2.24, 2.45) is 0 Å². The number of rotatable bonds is 5. The molecule has 0 bridgehead atoms. The van der Waals surface area contributed by atoms with Crippen molar-refractivity contribution in [2.45, 2.75) is 64.2 Å². The first-order valence-electron chi connectivity index (χ1n) is 9.97. The summed E-state index contributed by atoms with van der Waals surface area (Å²) in [6.07, 6.45) is 3.23. The number of hydrogen-bond acceptors (Lipinski definition) is 8. The number of anilines is 3. The van der Waals surface area contributed by atoms with Crippen LogP contribution in [0.25, 0.3) is 10.2 Å². The Morgan fingerprint density at radius 3 is 2.59 bits per heavy atom. The minimum atomic E-state index is -1.02. The molecule has 1 aliphatic rings. The van der Waals surface area contributed by atoms with Crippen molar-refractivity contribution in [1.29, 1.82) is 0 Å². The van der Waals surface area contributed by atoms with Gasteiger partial charge in [-0.1, -0.05) is 6.07 Å². The highest BCUT2D eigenvalue weighted by atomic mass is 32.1. The molecule has 0 unspecified atom stereocenters. The van der Waals surface area contributed by atoms with Crippen molar-refractivity contribution < 1.29 is 10.2 Å². The topological polar surface area (TPSA) is 103 Å². The fourth-order valence-electron chi connectivity index (χ4n) is 3.61. The van der Waals surface area contributed by atoms with E-state index < -0.39 is 5.60 Å². The standard InChI is InChI=1S/C21H27N5O2S/c1-12-11-29-19-17(12)18(24-16-6-4-5-15(23-16)21(2,3)28)25-20(26-19)22-13-7-9-14(27)10-8-13/h4-6,11,13-14,27-28H,7-10H2,1-3H3,(H2,22,23,24,25,26)/t13-,14-. The van der Waals surface area contributed by atoms with Crippen LogP contribution in [-0.4, -0.2) is 37.3 Å². The molecular weight excluding hydrogens is 386 g/mol. The molecule has 3 aromatic rings. The summed E-state index contributed by atoms with van der Waals surface area (Å²) < 4.78 is 0. The van der Waals surface area contributed by atoms with Gasteiger partial charge in [0.25, 0.3) is 0 Å². The number of hydrogen-bond donors (Lipinski definition) is 4. The summed E-state index contributed by atoms with van der Waals surface area (Å²) in [7, 11) is 0. The molecule has 0 aromatic carbocycles. The second-order valence-corrected chi connectivity index (χ2v) is 9.09. The summed E-state index contributed by atoms with van der Waals surface area (Å²) >= 11 is 1.59. The molecule has 1 aliphatic carbocycles. The van der Waals surface area contributed by atoms with E-state index in [1.165, 1.54) is 0 Å². The predicted octanol–water partition coefficient (Wildman–Crippen LogP) is 4.08. The van der Waals surface area contributed by atoms with Gasteiger partial charge in [0.2, 0.25) is 5.95 Å². The van der Waals surface area contributed by atoms with E-state index in [1.54, 1.807) is 31.3 Å². The van der Waals surface area contributed by atoms with E-state index in [2.05, 4.69) is 21.0 Å². The Morgan fingerprint density at radius 2 is 1.86 bits per heavy atom. The van der Waals surface area contributed by atoms with Crippen LogP contribution >= 0.6 is 11.3 Å². The maximum atomic E-state index is 10.3. The Hall–Kier alpha value is -2.29. The van der Waals surface area contributed by atoms with Crippen LogP contribution in [0, 0.1) is 6.92 Å². The summed E-state index contributed by atoms with van der Waals surface area (Å²) in [6, 6.07) is 5.80. The summed E-state index contributed by atoms with van der Waals surface area (Å²) in [5, 5.41) is 29.8. The predicted molar refractivity (Wildman–Crippen MR) is 117 cm³/mol. The number of nitrogens with one attached hydrogen (secondary N) is 2. The van der Waals surface area contributed by atoms with Crippen LogP contribution in [0.3, 0.4) is 0 Å². The van der Waals surface area contributed by atoms with Crippen LogP contribution in [0.4, 0.5) is 17.6 Å². The largest absolute Gasteiger partial charge is 0.393 e.